The highest BCUT2D eigenvalue weighted by molar-refractivity contribution is 4.82. The average Bonchev–Trinajstić information content (AvgIpc) is 2.10. The minimum absolute atomic E-state index is 0.458. The molecule has 92 valence electrons. The van der Waals surface area contributed by atoms with Crippen molar-refractivity contribution in [2.24, 2.45) is 22.7 Å². The Labute approximate surface area is 97.8 Å². The van der Waals surface area contributed by atoms with Gasteiger partial charge in [-0.05, 0) is 29.1 Å². The molecule has 0 heteroatoms. The number of rotatable bonds is 5. The number of hydrogen-bond acceptors (Lipinski definition) is 0. The zero-order valence-corrected chi connectivity index (χ0v) is 12.3. The predicted molar refractivity (Wildman–Crippen MR) is 71.1 cm³/mol. The van der Waals surface area contributed by atoms with Gasteiger partial charge in [0.15, 0.2) is 0 Å². The van der Waals surface area contributed by atoms with Crippen LogP contribution < -0.4 is 0 Å². The van der Waals surface area contributed by atoms with E-state index in [0.717, 1.165) is 11.8 Å². The fourth-order valence-corrected chi connectivity index (χ4v) is 2.45. The van der Waals surface area contributed by atoms with Crippen LogP contribution in [-0.4, -0.2) is 0 Å². The van der Waals surface area contributed by atoms with Crippen molar-refractivity contribution in [3.8, 4) is 0 Å². The molecule has 15 heavy (non-hydrogen) atoms. The van der Waals surface area contributed by atoms with E-state index in [1.54, 1.807) is 0 Å². The van der Waals surface area contributed by atoms with Crippen LogP contribution in [0.1, 0.15) is 74.7 Å². The van der Waals surface area contributed by atoms with Crippen LogP contribution in [0.25, 0.3) is 0 Å². The molecule has 0 heterocycles. The first-order chi connectivity index (χ1) is 6.65. The predicted octanol–water partition coefficient (Wildman–Crippen LogP) is 5.52. The van der Waals surface area contributed by atoms with Gasteiger partial charge in [-0.3, -0.25) is 0 Å². The lowest BCUT2D eigenvalue weighted by Crippen LogP contribution is -2.30. The zero-order valence-electron chi connectivity index (χ0n) is 12.3. The van der Waals surface area contributed by atoms with E-state index < -0.39 is 0 Å². The standard InChI is InChI=1S/C15H32/c1-9-12(3)15(7,8)11-13(10-2)14(4,5)6/h12-13H,9-11H2,1-8H3. The Morgan fingerprint density at radius 3 is 1.60 bits per heavy atom. The van der Waals surface area contributed by atoms with Crippen molar-refractivity contribution in [3.05, 3.63) is 0 Å². The minimum atomic E-state index is 0.458. The molecular weight excluding hydrogens is 180 g/mol. The second kappa shape index (κ2) is 5.37. The normalized spacial score (nSPS) is 17.6. The van der Waals surface area contributed by atoms with Crippen LogP contribution >= 0.6 is 0 Å². The quantitative estimate of drug-likeness (QED) is 0.563. The summed E-state index contributed by atoms with van der Waals surface area (Å²) in [5, 5.41) is 0. The first-order valence-corrected chi connectivity index (χ1v) is 6.65. The van der Waals surface area contributed by atoms with Crippen molar-refractivity contribution in [1.82, 2.24) is 0 Å². The van der Waals surface area contributed by atoms with E-state index in [9.17, 15) is 0 Å². The van der Waals surface area contributed by atoms with Crippen molar-refractivity contribution in [3.63, 3.8) is 0 Å². The Morgan fingerprint density at radius 2 is 1.33 bits per heavy atom. The molecule has 0 aliphatic heterocycles. The molecule has 0 aromatic rings. The van der Waals surface area contributed by atoms with E-state index in [-0.39, 0.29) is 0 Å². The zero-order chi connectivity index (χ0) is 12.3. The molecule has 0 aliphatic rings. The van der Waals surface area contributed by atoms with Crippen LogP contribution in [0.2, 0.25) is 0 Å². The van der Waals surface area contributed by atoms with Crippen LogP contribution in [-0.2, 0) is 0 Å². The van der Waals surface area contributed by atoms with E-state index in [1.807, 2.05) is 0 Å². The van der Waals surface area contributed by atoms with E-state index in [2.05, 4.69) is 55.4 Å². The highest BCUT2D eigenvalue weighted by atomic mass is 14.4. The van der Waals surface area contributed by atoms with Gasteiger partial charge in [-0.2, -0.15) is 0 Å². The Kier molecular flexibility index (Phi) is 5.37. The van der Waals surface area contributed by atoms with E-state index in [0.29, 0.717) is 10.8 Å². The van der Waals surface area contributed by atoms with Gasteiger partial charge < -0.3 is 0 Å². The first-order valence-electron chi connectivity index (χ1n) is 6.65. The van der Waals surface area contributed by atoms with Gasteiger partial charge >= 0.3 is 0 Å². The van der Waals surface area contributed by atoms with Crippen LogP contribution in [0.3, 0.4) is 0 Å². The maximum absolute atomic E-state index is 2.44. The average molecular weight is 212 g/mol. The van der Waals surface area contributed by atoms with Gasteiger partial charge in [-0.1, -0.05) is 68.2 Å². The van der Waals surface area contributed by atoms with Crippen molar-refractivity contribution in [2.45, 2.75) is 74.7 Å². The second-order valence-corrected chi connectivity index (χ2v) is 6.97. The summed E-state index contributed by atoms with van der Waals surface area (Å²) in [4.78, 5) is 0. The monoisotopic (exact) mass is 212 g/mol. The van der Waals surface area contributed by atoms with Gasteiger partial charge in [-0.15, -0.1) is 0 Å². The summed E-state index contributed by atoms with van der Waals surface area (Å²) in [6.07, 6.45) is 3.97. The topological polar surface area (TPSA) is 0 Å². The lowest BCUT2D eigenvalue weighted by molar-refractivity contribution is 0.107. The molecule has 0 amide bonds. The maximum Gasteiger partial charge on any atom is -0.0326 e. The van der Waals surface area contributed by atoms with Crippen molar-refractivity contribution >= 4 is 0 Å². The van der Waals surface area contributed by atoms with Crippen LogP contribution in [0.15, 0.2) is 0 Å². The smallest absolute Gasteiger partial charge is 0.0326 e. The molecule has 2 unspecified atom stereocenters. The molecule has 0 aromatic carbocycles. The highest BCUT2D eigenvalue weighted by Gasteiger charge is 2.32. The Bertz CT molecular complexity index is 171. The Balaban J connectivity index is 4.54. The van der Waals surface area contributed by atoms with Crippen molar-refractivity contribution in [2.75, 3.05) is 0 Å². The molecule has 2 atom stereocenters. The summed E-state index contributed by atoms with van der Waals surface area (Å²) >= 11 is 0. The summed E-state index contributed by atoms with van der Waals surface area (Å²) in [7, 11) is 0. The van der Waals surface area contributed by atoms with Gasteiger partial charge in [0.25, 0.3) is 0 Å². The molecule has 0 bridgehead atoms. The molecule has 0 radical (unpaired) electrons. The van der Waals surface area contributed by atoms with E-state index in [1.165, 1.54) is 19.3 Å². The van der Waals surface area contributed by atoms with Gasteiger partial charge in [0.1, 0.15) is 0 Å². The molecule has 0 spiro atoms. The third-order valence-corrected chi connectivity index (χ3v) is 4.44. The minimum Gasteiger partial charge on any atom is -0.0651 e. The van der Waals surface area contributed by atoms with Crippen LogP contribution in [0.4, 0.5) is 0 Å². The third kappa shape index (κ3) is 4.57. The van der Waals surface area contributed by atoms with E-state index in [4.69, 9.17) is 0 Å². The van der Waals surface area contributed by atoms with Crippen molar-refractivity contribution < 1.29 is 0 Å². The molecule has 0 rings (SSSR count). The summed E-state index contributed by atoms with van der Waals surface area (Å²) in [5.74, 6) is 1.68. The van der Waals surface area contributed by atoms with Crippen LogP contribution in [0.5, 0.6) is 0 Å². The second-order valence-electron chi connectivity index (χ2n) is 6.97. The maximum atomic E-state index is 2.44. The Morgan fingerprint density at radius 1 is 0.867 bits per heavy atom. The molecule has 0 saturated carbocycles. The SMILES string of the molecule is CCC(CC(C)(C)C(C)CC)C(C)(C)C. The molecular formula is C15H32. The summed E-state index contributed by atoms with van der Waals surface area (Å²) in [6.45, 7) is 19.1. The summed E-state index contributed by atoms with van der Waals surface area (Å²) in [5.41, 5.74) is 0.947. The largest absolute Gasteiger partial charge is 0.0651 e. The van der Waals surface area contributed by atoms with Crippen molar-refractivity contribution in [1.29, 1.82) is 0 Å². The summed E-state index contributed by atoms with van der Waals surface area (Å²) in [6, 6.07) is 0. The van der Waals surface area contributed by atoms with Gasteiger partial charge in [0.05, 0.1) is 0 Å². The Hall–Kier alpha value is 0. The molecule has 0 aromatic heterocycles. The molecule has 0 nitrogen and oxygen atoms in total. The lowest BCUT2D eigenvalue weighted by Gasteiger charge is -2.40. The van der Waals surface area contributed by atoms with E-state index >= 15 is 0 Å². The fraction of sp³-hybridized carbons (Fsp3) is 1.00. The molecule has 0 N–H and O–H groups in total. The lowest BCUT2D eigenvalue weighted by atomic mass is 9.66. The molecule has 0 saturated heterocycles. The van der Waals surface area contributed by atoms with Gasteiger partial charge in [0, 0.05) is 0 Å². The number of hydrogen-bond donors (Lipinski definition) is 0. The van der Waals surface area contributed by atoms with Gasteiger partial charge in [-0.25, -0.2) is 0 Å². The molecule has 0 fully saturated rings. The first kappa shape index (κ1) is 15.0. The fourth-order valence-electron chi connectivity index (χ4n) is 2.45. The summed E-state index contributed by atoms with van der Waals surface area (Å²) < 4.78 is 0. The highest BCUT2D eigenvalue weighted by Crippen LogP contribution is 2.42. The third-order valence-electron chi connectivity index (χ3n) is 4.44. The van der Waals surface area contributed by atoms with Gasteiger partial charge in [0.2, 0.25) is 0 Å². The molecule has 0 aliphatic carbocycles. The van der Waals surface area contributed by atoms with Crippen LogP contribution in [0, 0.1) is 22.7 Å².